The fourth-order valence-corrected chi connectivity index (χ4v) is 3.03. The van der Waals surface area contributed by atoms with Crippen LogP contribution in [0.15, 0.2) is 30.7 Å². The number of halogens is 4. The van der Waals surface area contributed by atoms with Gasteiger partial charge in [0, 0.05) is 18.2 Å². The van der Waals surface area contributed by atoms with Crippen LogP contribution in [-0.4, -0.2) is 21.6 Å². The summed E-state index contributed by atoms with van der Waals surface area (Å²) in [5.74, 6) is -1.02. The Kier molecular flexibility index (Phi) is 4.74. The second-order valence-corrected chi connectivity index (χ2v) is 6.37. The first-order valence-corrected chi connectivity index (χ1v) is 8.10. The van der Waals surface area contributed by atoms with Gasteiger partial charge in [-0.1, -0.05) is 6.07 Å². The Hall–Kier alpha value is -2.42. The predicted octanol–water partition coefficient (Wildman–Crippen LogP) is 3.15. The van der Waals surface area contributed by atoms with Crippen LogP contribution in [0, 0.1) is 5.82 Å². The van der Waals surface area contributed by atoms with Crippen molar-refractivity contribution in [2.75, 3.05) is 0 Å². The molecule has 0 spiro atoms. The molecule has 0 radical (unpaired) electrons. The first-order chi connectivity index (χ1) is 12.1. The summed E-state index contributed by atoms with van der Waals surface area (Å²) in [7, 11) is 0. The van der Waals surface area contributed by atoms with E-state index >= 15 is 0 Å². The van der Waals surface area contributed by atoms with Gasteiger partial charge in [0.2, 0.25) is 5.91 Å². The number of carbonyl (C=O) groups excluding carboxylic acids is 1. The maximum Gasteiger partial charge on any atom is 0.416 e. The van der Waals surface area contributed by atoms with Gasteiger partial charge in [0.25, 0.3) is 0 Å². The van der Waals surface area contributed by atoms with Gasteiger partial charge in [0.15, 0.2) is 0 Å². The number of imidazole rings is 1. The lowest BCUT2D eigenvalue weighted by Gasteiger charge is -2.28. The number of rotatable bonds is 3. The Morgan fingerprint density at radius 3 is 2.69 bits per heavy atom. The molecule has 9 heteroatoms. The van der Waals surface area contributed by atoms with Gasteiger partial charge in [-0.3, -0.25) is 10.1 Å². The molecule has 2 unspecified atom stereocenters. The highest BCUT2D eigenvalue weighted by Gasteiger charge is 2.32. The zero-order valence-corrected chi connectivity index (χ0v) is 14.1. The number of nitrogens with one attached hydrogen (secondary N) is 2. The van der Waals surface area contributed by atoms with Gasteiger partial charge in [0.1, 0.15) is 5.82 Å². The Morgan fingerprint density at radius 2 is 2.08 bits per heavy atom. The first kappa shape index (κ1) is 18.4. The van der Waals surface area contributed by atoms with E-state index in [9.17, 15) is 22.4 Å². The maximum absolute atomic E-state index is 14.2. The molecule has 2 heterocycles. The second-order valence-electron chi connectivity index (χ2n) is 6.37. The molecule has 26 heavy (non-hydrogen) atoms. The van der Waals surface area contributed by atoms with E-state index in [0.29, 0.717) is 11.8 Å². The molecule has 1 aromatic carbocycles. The van der Waals surface area contributed by atoms with Crippen molar-refractivity contribution in [1.29, 1.82) is 0 Å². The molecule has 3 rings (SSSR count). The molecule has 140 valence electrons. The number of hydrogen-bond acceptors (Lipinski definition) is 3. The molecule has 0 aliphatic carbocycles. The van der Waals surface area contributed by atoms with Crippen molar-refractivity contribution >= 4 is 5.91 Å². The minimum atomic E-state index is -4.59. The van der Waals surface area contributed by atoms with Crippen LogP contribution in [0.3, 0.4) is 0 Å². The van der Waals surface area contributed by atoms with Crippen molar-refractivity contribution in [3.63, 3.8) is 0 Å². The summed E-state index contributed by atoms with van der Waals surface area (Å²) >= 11 is 0. The van der Waals surface area contributed by atoms with Crippen LogP contribution in [0.1, 0.15) is 49.2 Å². The summed E-state index contributed by atoms with van der Waals surface area (Å²) < 4.78 is 53.8. The van der Waals surface area contributed by atoms with Crippen molar-refractivity contribution in [1.82, 2.24) is 20.2 Å². The third-order valence-electron chi connectivity index (χ3n) is 4.42. The SMILES string of the molecule is CC1NC(=O)CC(c2cn([C@@H](C)c3ccc(C(F)(F)F)cc3F)cn2)N1. The van der Waals surface area contributed by atoms with E-state index in [-0.39, 0.29) is 30.1 Å². The molecule has 2 N–H and O–H groups in total. The summed E-state index contributed by atoms with van der Waals surface area (Å²) in [6, 6.07) is 1.68. The number of alkyl halides is 3. The van der Waals surface area contributed by atoms with E-state index in [1.807, 2.05) is 0 Å². The molecule has 1 fully saturated rings. The van der Waals surface area contributed by atoms with E-state index in [1.54, 1.807) is 24.6 Å². The minimum Gasteiger partial charge on any atom is -0.341 e. The lowest BCUT2D eigenvalue weighted by atomic mass is 10.0. The van der Waals surface area contributed by atoms with Crippen molar-refractivity contribution in [2.45, 2.75) is 44.7 Å². The zero-order valence-electron chi connectivity index (χ0n) is 14.1. The van der Waals surface area contributed by atoms with Gasteiger partial charge in [0.05, 0.1) is 35.8 Å². The summed E-state index contributed by atoms with van der Waals surface area (Å²) in [6.45, 7) is 3.47. The third kappa shape index (κ3) is 3.72. The average molecular weight is 370 g/mol. The summed E-state index contributed by atoms with van der Waals surface area (Å²) in [5.41, 5.74) is -0.279. The van der Waals surface area contributed by atoms with Gasteiger partial charge in [-0.2, -0.15) is 13.2 Å². The molecular weight excluding hydrogens is 352 g/mol. The molecule has 1 aliphatic heterocycles. The average Bonchev–Trinajstić information content (AvgIpc) is 3.02. The van der Waals surface area contributed by atoms with Gasteiger partial charge >= 0.3 is 6.18 Å². The fraction of sp³-hybridized carbons (Fsp3) is 0.412. The van der Waals surface area contributed by atoms with E-state index < -0.39 is 23.6 Å². The second kappa shape index (κ2) is 6.71. The standard InChI is InChI=1S/C17H18F4N4O/c1-9(12-4-3-11(5-13(12)18)17(19,20)21)25-7-15(22-8-25)14-6-16(26)24-10(2)23-14/h3-5,7-10,14,23H,6H2,1-2H3,(H,24,26)/t9-,10?,14?/m0/s1. The third-order valence-corrected chi connectivity index (χ3v) is 4.42. The highest BCUT2D eigenvalue weighted by molar-refractivity contribution is 5.77. The molecule has 1 amide bonds. The quantitative estimate of drug-likeness (QED) is 0.816. The Labute approximate surface area is 147 Å². The lowest BCUT2D eigenvalue weighted by molar-refractivity contribution is -0.137. The van der Waals surface area contributed by atoms with Crippen LogP contribution in [0.4, 0.5) is 17.6 Å². The van der Waals surface area contributed by atoms with Crippen LogP contribution < -0.4 is 10.6 Å². The molecular formula is C17H18F4N4O. The van der Waals surface area contributed by atoms with E-state index in [0.717, 1.165) is 12.1 Å². The molecule has 2 aromatic rings. The highest BCUT2D eigenvalue weighted by Crippen LogP contribution is 2.32. The van der Waals surface area contributed by atoms with Crippen molar-refractivity contribution < 1.29 is 22.4 Å². The maximum atomic E-state index is 14.2. The Morgan fingerprint density at radius 1 is 1.35 bits per heavy atom. The van der Waals surface area contributed by atoms with Crippen LogP contribution in [0.2, 0.25) is 0 Å². The smallest absolute Gasteiger partial charge is 0.341 e. The first-order valence-electron chi connectivity index (χ1n) is 8.10. The van der Waals surface area contributed by atoms with E-state index in [1.165, 1.54) is 6.33 Å². The number of carbonyl (C=O) groups is 1. The normalized spacial score (nSPS) is 22.2. The van der Waals surface area contributed by atoms with Gasteiger partial charge in [-0.05, 0) is 26.0 Å². The zero-order chi connectivity index (χ0) is 19.1. The Bertz CT molecular complexity index is 817. The summed E-state index contributed by atoms with van der Waals surface area (Å²) in [4.78, 5) is 15.9. The highest BCUT2D eigenvalue weighted by atomic mass is 19.4. The summed E-state index contributed by atoms with van der Waals surface area (Å²) in [6.07, 6.45) is -1.41. The number of amides is 1. The molecule has 1 saturated heterocycles. The van der Waals surface area contributed by atoms with Crippen LogP contribution in [0.5, 0.6) is 0 Å². The molecule has 0 bridgehead atoms. The molecule has 1 aromatic heterocycles. The number of benzene rings is 1. The van der Waals surface area contributed by atoms with E-state index in [2.05, 4.69) is 15.6 Å². The van der Waals surface area contributed by atoms with Crippen LogP contribution >= 0.6 is 0 Å². The summed E-state index contributed by atoms with van der Waals surface area (Å²) in [5, 5.41) is 5.92. The van der Waals surface area contributed by atoms with Crippen molar-refractivity contribution in [3.05, 3.63) is 53.4 Å². The van der Waals surface area contributed by atoms with Crippen LogP contribution in [-0.2, 0) is 11.0 Å². The molecule has 3 atom stereocenters. The van der Waals surface area contributed by atoms with E-state index in [4.69, 9.17) is 0 Å². The molecule has 5 nitrogen and oxygen atoms in total. The predicted molar refractivity (Wildman–Crippen MR) is 85.5 cm³/mol. The fourth-order valence-electron chi connectivity index (χ4n) is 3.03. The lowest BCUT2D eigenvalue weighted by Crippen LogP contribution is -2.51. The van der Waals surface area contributed by atoms with Gasteiger partial charge in [-0.15, -0.1) is 0 Å². The molecule has 1 aliphatic rings. The topological polar surface area (TPSA) is 59.0 Å². The number of aromatic nitrogens is 2. The minimum absolute atomic E-state index is 0.0994. The number of hydrogen-bond donors (Lipinski definition) is 2. The van der Waals surface area contributed by atoms with Crippen molar-refractivity contribution in [2.24, 2.45) is 0 Å². The van der Waals surface area contributed by atoms with Crippen LogP contribution in [0.25, 0.3) is 0 Å². The molecule has 0 saturated carbocycles. The Balaban J connectivity index is 1.82. The van der Waals surface area contributed by atoms with Gasteiger partial charge in [-0.25, -0.2) is 9.37 Å². The number of nitrogens with zero attached hydrogens (tertiary/aromatic N) is 2. The largest absolute Gasteiger partial charge is 0.416 e. The van der Waals surface area contributed by atoms with Gasteiger partial charge < -0.3 is 9.88 Å². The monoisotopic (exact) mass is 370 g/mol. The van der Waals surface area contributed by atoms with Crippen molar-refractivity contribution in [3.8, 4) is 0 Å².